The van der Waals surface area contributed by atoms with Crippen LogP contribution in [0.3, 0.4) is 0 Å². The van der Waals surface area contributed by atoms with Gasteiger partial charge in [0.15, 0.2) is 0 Å². The van der Waals surface area contributed by atoms with Crippen molar-refractivity contribution >= 4 is 70.9 Å². The highest BCUT2D eigenvalue weighted by Gasteiger charge is 2.20. The zero-order valence-corrected chi connectivity index (χ0v) is 31.3. The van der Waals surface area contributed by atoms with E-state index in [-0.39, 0.29) is 0 Å². The van der Waals surface area contributed by atoms with Crippen molar-refractivity contribution in [3.05, 3.63) is 224 Å². The third kappa shape index (κ3) is 5.80. The molecule has 0 N–H and O–H groups in total. The maximum absolute atomic E-state index is 2.43. The molecule has 1 heteroatoms. The molecule has 266 valence electrons. The first kappa shape index (κ1) is 32.9. The van der Waals surface area contributed by atoms with Gasteiger partial charge < -0.3 is 4.90 Å². The summed E-state index contributed by atoms with van der Waals surface area (Å²) < 4.78 is 0. The van der Waals surface area contributed by atoms with Crippen LogP contribution in [-0.2, 0) is 0 Å². The summed E-state index contributed by atoms with van der Waals surface area (Å²) in [5, 5.41) is 12.6. The summed E-state index contributed by atoms with van der Waals surface area (Å²) in [6.07, 6.45) is 0. The lowest BCUT2D eigenvalue weighted by Crippen LogP contribution is -2.11. The molecular weight excluding hydrogens is 687 g/mol. The Kier molecular flexibility index (Phi) is 7.89. The van der Waals surface area contributed by atoms with Gasteiger partial charge in [0.05, 0.1) is 5.69 Å². The number of nitrogens with zero attached hydrogens (tertiary/aromatic N) is 1. The van der Waals surface area contributed by atoms with Crippen molar-refractivity contribution < 1.29 is 0 Å². The van der Waals surface area contributed by atoms with Crippen LogP contribution in [0.1, 0.15) is 0 Å². The second-order valence-corrected chi connectivity index (χ2v) is 14.9. The summed E-state index contributed by atoms with van der Waals surface area (Å²) in [7, 11) is 0. The largest absolute Gasteiger partial charge is 0.310 e. The number of benzene rings is 11. The molecule has 57 heavy (non-hydrogen) atoms. The lowest BCUT2D eigenvalue weighted by molar-refractivity contribution is 1.29. The van der Waals surface area contributed by atoms with Crippen molar-refractivity contribution in [2.45, 2.75) is 0 Å². The highest BCUT2D eigenvalue weighted by Crippen LogP contribution is 2.44. The standard InChI is InChI=1S/C56H37N/c1-3-11-38(12-4-1)47-30-34-55(53(35-47)40-13-5-2-6-14-40)57(49-33-29-43-20-19-41-15-7-9-17-50(41)52(43)37-49)48-31-27-39(28-32-48)46-26-23-44-22-25-45-24-21-42-16-8-10-18-51(42)56(45)54(44)36-46/h1-37H. The summed E-state index contributed by atoms with van der Waals surface area (Å²) in [6.45, 7) is 0. The molecular formula is C56H37N. The van der Waals surface area contributed by atoms with E-state index in [4.69, 9.17) is 0 Å². The lowest BCUT2D eigenvalue weighted by Gasteiger charge is -2.29. The Balaban J connectivity index is 1.10. The molecule has 0 aliphatic rings. The van der Waals surface area contributed by atoms with E-state index < -0.39 is 0 Å². The molecule has 11 rings (SSSR count). The molecule has 1 nitrogen and oxygen atoms in total. The van der Waals surface area contributed by atoms with Crippen molar-refractivity contribution in [1.82, 2.24) is 0 Å². The van der Waals surface area contributed by atoms with E-state index in [0.29, 0.717) is 0 Å². The summed E-state index contributed by atoms with van der Waals surface area (Å²) in [5.41, 5.74) is 10.5. The van der Waals surface area contributed by atoms with E-state index in [2.05, 4.69) is 229 Å². The average molecular weight is 724 g/mol. The Bertz CT molecular complexity index is 3270. The molecule has 0 aromatic heterocycles. The molecule has 0 aliphatic carbocycles. The van der Waals surface area contributed by atoms with Gasteiger partial charge in [-0.05, 0) is 124 Å². The first-order valence-electron chi connectivity index (χ1n) is 19.7. The van der Waals surface area contributed by atoms with Crippen molar-refractivity contribution in [2.75, 3.05) is 4.90 Å². The smallest absolute Gasteiger partial charge is 0.0540 e. The fourth-order valence-electron chi connectivity index (χ4n) is 8.75. The number of hydrogen-bond acceptors (Lipinski definition) is 1. The fourth-order valence-corrected chi connectivity index (χ4v) is 8.75. The van der Waals surface area contributed by atoms with E-state index in [1.807, 2.05) is 0 Å². The Morgan fingerprint density at radius 1 is 0.246 bits per heavy atom. The Morgan fingerprint density at radius 3 is 1.46 bits per heavy atom. The van der Waals surface area contributed by atoms with Gasteiger partial charge >= 0.3 is 0 Å². The predicted octanol–water partition coefficient (Wildman–Crippen LogP) is 15.9. The monoisotopic (exact) mass is 723 g/mol. The fraction of sp³-hybridized carbons (Fsp3) is 0. The van der Waals surface area contributed by atoms with Gasteiger partial charge in [-0.3, -0.25) is 0 Å². The Labute approximate surface area is 332 Å². The van der Waals surface area contributed by atoms with Gasteiger partial charge in [-0.15, -0.1) is 0 Å². The first-order chi connectivity index (χ1) is 28.2. The van der Waals surface area contributed by atoms with E-state index in [1.165, 1.54) is 87.2 Å². The van der Waals surface area contributed by atoms with E-state index in [0.717, 1.165) is 17.1 Å². The van der Waals surface area contributed by atoms with Crippen LogP contribution in [0.5, 0.6) is 0 Å². The maximum Gasteiger partial charge on any atom is 0.0540 e. The molecule has 0 heterocycles. The highest BCUT2D eigenvalue weighted by atomic mass is 15.1. The van der Waals surface area contributed by atoms with E-state index >= 15 is 0 Å². The third-order valence-corrected chi connectivity index (χ3v) is 11.6. The molecule has 0 unspecified atom stereocenters. The molecule has 0 atom stereocenters. The van der Waals surface area contributed by atoms with Crippen LogP contribution in [0, 0.1) is 0 Å². The van der Waals surface area contributed by atoms with Gasteiger partial charge in [0.2, 0.25) is 0 Å². The lowest BCUT2D eigenvalue weighted by atomic mass is 9.93. The minimum Gasteiger partial charge on any atom is -0.310 e. The van der Waals surface area contributed by atoms with Crippen LogP contribution in [0.4, 0.5) is 17.1 Å². The summed E-state index contributed by atoms with van der Waals surface area (Å²) in [4.78, 5) is 2.43. The Morgan fingerprint density at radius 2 is 0.719 bits per heavy atom. The van der Waals surface area contributed by atoms with E-state index in [9.17, 15) is 0 Å². The second-order valence-electron chi connectivity index (χ2n) is 14.9. The molecule has 0 saturated carbocycles. The number of rotatable bonds is 6. The Hall–Kier alpha value is -7.48. The van der Waals surface area contributed by atoms with Gasteiger partial charge in [0.1, 0.15) is 0 Å². The third-order valence-electron chi connectivity index (χ3n) is 11.6. The summed E-state index contributed by atoms with van der Waals surface area (Å²) >= 11 is 0. The predicted molar refractivity (Wildman–Crippen MR) is 245 cm³/mol. The molecule has 0 aliphatic heterocycles. The van der Waals surface area contributed by atoms with Gasteiger partial charge in [-0.2, -0.15) is 0 Å². The highest BCUT2D eigenvalue weighted by molar-refractivity contribution is 6.20. The minimum atomic E-state index is 1.10. The molecule has 0 saturated heterocycles. The van der Waals surface area contributed by atoms with Crippen molar-refractivity contribution in [1.29, 1.82) is 0 Å². The zero-order valence-electron chi connectivity index (χ0n) is 31.3. The first-order valence-corrected chi connectivity index (χ1v) is 19.7. The molecule has 11 aromatic carbocycles. The van der Waals surface area contributed by atoms with Crippen molar-refractivity contribution in [3.63, 3.8) is 0 Å². The van der Waals surface area contributed by atoms with Crippen molar-refractivity contribution in [2.24, 2.45) is 0 Å². The second kappa shape index (κ2) is 13.7. The van der Waals surface area contributed by atoms with Crippen molar-refractivity contribution in [3.8, 4) is 33.4 Å². The normalized spacial score (nSPS) is 11.5. The van der Waals surface area contributed by atoms with Gasteiger partial charge in [0, 0.05) is 16.9 Å². The van der Waals surface area contributed by atoms with Crippen LogP contribution in [0.2, 0.25) is 0 Å². The van der Waals surface area contributed by atoms with Gasteiger partial charge in [-0.25, -0.2) is 0 Å². The van der Waals surface area contributed by atoms with Crippen LogP contribution in [0.25, 0.3) is 87.2 Å². The molecule has 11 aromatic rings. The van der Waals surface area contributed by atoms with Crippen LogP contribution in [0.15, 0.2) is 224 Å². The zero-order chi connectivity index (χ0) is 37.7. The summed E-state index contributed by atoms with van der Waals surface area (Å²) in [5.74, 6) is 0. The maximum atomic E-state index is 2.43. The van der Waals surface area contributed by atoms with Crippen LogP contribution >= 0.6 is 0 Å². The molecule has 0 amide bonds. The van der Waals surface area contributed by atoms with Crippen LogP contribution in [-0.4, -0.2) is 0 Å². The van der Waals surface area contributed by atoms with Gasteiger partial charge in [0.25, 0.3) is 0 Å². The molecule has 0 spiro atoms. The SMILES string of the molecule is c1ccc(-c2ccc(N(c3ccc(-c4ccc5ccc6ccc7ccccc7c6c5c4)cc3)c3ccc4ccc5ccccc5c4c3)c(-c3ccccc3)c2)cc1. The number of anilines is 3. The molecule has 0 bridgehead atoms. The molecule has 0 fully saturated rings. The average Bonchev–Trinajstić information content (AvgIpc) is 3.29. The summed E-state index contributed by atoms with van der Waals surface area (Å²) in [6, 6.07) is 82.1. The minimum absolute atomic E-state index is 1.10. The number of hydrogen-bond donors (Lipinski definition) is 0. The van der Waals surface area contributed by atoms with Crippen LogP contribution < -0.4 is 4.90 Å². The molecule has 0 radical (unpaired) electrons. The van der Waals surface area contributed by atoms with E-state index in [1.54, 1.807) is 0 Å². The topological polar surface area (TPSA) is 3.24 Å². The van der Waals surface area contributed by atoms with Gasteiger partial charge in [-0.1, -0.05) is 182 Å². The number of fused-ring (bicyclic) bond motifs is 8. The quantitative estimate of drug-likeness (QED) is 0.154.